The summed E-state index contributed by atoms with van der Waals surface area (Å²) in [5, 5.41) is 5.25. The lowest BCUT2D eigenvalue weighted by atomic mass is 9.87. The Kier molecular flexibility index (Phi) is 10.9. The molecule has 0 amide bonds. The molecule has 0 spiro atoms. The van der Waals surface area contributed by atoms with Gasteiger partial charge in [0.05, 0.1) is 5.52 Å². The van der Waals surface area contributed by atoms with E-state index in [1.54, 1.807) is 12.4 Å². The van der Waals surface area contributed by atoms with Crippen molar-refractivity contribution in [2.24, 2.45) is 5.73 Å². The first kappa shape index (κ1) is 27.6. The lowest BCUT2D eigenvalue weighted by Gasteiger charge is -2.41. The molecule has 0 saturated heterocycles. The number of nitrogens with one attached hydrogen (secondary N) is 1. The van der Waals surface area contributed by atoms with E-state index in [0.29, 0.717) is 11.6 Å². The highest BCUT2D eigenvalue weighted by molar-refractivity contribution is 14.1. The Morgan fingerprint density at radius 2 is 1.82 bits per heavy atom. The smallest absolute Gasteiger partial charge is 0.112 e. The second kappa shape index (κ2) is 11.1. The summed E-state index contributed by atoms with van der Waals surface area (Å²) in [4.78, 5) is 8.58. The van der Waals surface area contributed by atoms with Gasteiger partial charge in [-0.2, -0.15) is 0 Å². The van der Waals surface area contributed by atoms with Crippen LogP contribution in [0.15, 0.2) is 55.0 Å². The maximum absolute atomic E-state index is 6.83. The Hall–Kier alpha value is -0.410. The predicted octanol–water partition coefficient (Wildman–Crippen LogP) is 5.66. The highest BCUT2D eigenvalue weighted by atomic mass is 127. The SMILES string of the molecule is CC(C)(NCc1cccnc1)C(N)(I)c1ccnc2cc(Cl)ccc12.Cl.Cl.Cl. The first-order chi connectivity index (χ1) is 11.8. The number of aromatic nitrogens is 2. The summed E-state index contributed by atoms with van der Waals surface area (Å²) in [6.45, 7) is 4.91. The van der Waals surface area contributed by atoms with Gasteiger partial charge in [-0.1, -0.05) is 46.3 Å². The molecule has 1 aromatic carbocycles. The van der Waals surface area contributed by atoms with Crippen LogP contribution in [0.1, 0.15) is 25.0 Å². The Morgan fingerprint density at radius 3 is 2.46 bits per heavy atom. The number of benzene rings is 1. The van der Waals surface area contributed by atoms with Crippen LogP contribution in [-0.4, -0.2) is 15.5 Å². The van der Waals surface area contributed by atoms with Gasteiger partial charge in [-0.25, -0.2) is 0 Å². The lowest BCUT2D eigenvalue weighted by Crippen LogP contribution is -2.58. The van der Waals surface area contributed by atoms with Crippen LogP contribution in [0.4, 0.5) is 0 Å². The zero-order valence-corrected chi connectivity index (χ0v) is 20.7. The minimum atomic E-state index is -0.651. The Balaban J connectivity index is 0.00000243. The number of hydrogen-bond acceptors (Lipinski definition) is 4. The van der Waals surface area contributed by atoms with Gasteiger partial charge in [0.1, 0.15) is 3.55 Å². The number of hydrogen-bond donors (Lipinski definition) is 2. The third-order valence-corrected chi connectivity index (χ3v) is 6.63. The average molecular weight is 576 g/mol. The first-order valence-corrected chi connectivity index (χ1v) is 9.43. The molecule has 2 aromatic heterocycles. The van der Waals surface area contributed by atoms with E-state index in [4.69, 9.17) is 17.3 Å². The van der Waals surface area contributed by atoms with E-state index >= 15 is 0 Å². The topological polar surface area (TPSA) is 63.8 Å². The molecule has 1 atom stereocenters. The molecule has 0 aliphatic heterocycles. The third kappa shape index (κ3) is 5.81. The lowest BCUT2D eigenvalue weighted by molar-refractivity contribution is 0.307. The number of nitrogens with zero attached hydrogens (tertiary/aromatic N) is 2. The van der Waals surface area contributed by atoms with Gasteiger partial charge < -0.3 is 11.1 Å². The van der Waals surface area contributed by atoms with Gasteiger partial charge >= 0.3 is 0 Å². The van der Waals surface area contributed by atoms with Crippen molar-refractivity contribution in [2.45, 2.75) is 29.5 Å². The maximum atomic E-state index is 6.83. The van der Waals surface area contributed by atoms with Gasteiger partial charge in [-0.15, -0.1) is 37.2 Å². The molecular formula is C19H23Cl4IN4. The molecule has 3 rings (SSSR count). The van der Waals surface area contributed by atoms with Crippen molar-refractivity contribution >= 4 is 82.3 Å². The maximum Gasteiger partial charge on any atom is 0.112 e. The first-order valence-electron chi connectivity index (χ1n) is 7.98. The van der Waals surface area contributed by atoms with Crippen molar-refractivity contribution in [3.63, 3.8) is 0 Å². The molecule has 4 nitrogen and oxygen atoms in total. The van der Waals surface area contributed by atoms with Crippen molar-refractivity contribution in [1.82, 2.24) is 15.3 Å². The molecule has 0 saturated carbocycles. The monoisotopic (exact) mass is 574 g/mol. The molecule has 3 aromatic rings. The normalized spacial score (nSPS) is 12.9. The molecule has 9 heteroatoms. The van der Waals surface area contributed by atoms with Gasteiger partial charge in [0.2, 0.25) is 0 Å². The standard InChI is InChI=1S/C19H20ClIN4.3ClH/c1-18(2,25-12-13-4-3-8-23-11-13)19(21,22)16-7-9-24-17-10-14(20)5-6-15(16)17;;;/h3-11,25H,12,22H2,1-2H3;3*1H. The predicted molar refractivity (Wildman–Crippen MR) is 134 cm³/mol. The molecule has 0 radical (unpaired) electrons. The number of pyridine rings is 2. The van der Waals surface area contributed by atoms with Crippen molar-refractivity contribution in [3.8, 4) is 0 Å². The summed E-state index contributed by atoms with van der Waals surface area (Å²) >= 11 is 8.42. The minimum Gasteiger partial charge on any atom is -0.312 e. The molecule has 0 bridgehead atoms. The average Bonchev–Trinajstić information content (AvgIpc) is 2.60. The summed E-state index contributed by atoms with van der Waals surface area (Å²) < 4.78 is -0.651. The minimum absolute atomic E-state index is 0. The summed E-state index contributed by atoms with van der Waals surface area (Å²) in [6.07, 6.45) is 5.41. The van der Waals surface area contributed by atoms with Crippen LogP contribution in [0, 0.1) is 0 Å². The summed E-state index contributed by atoms with van der Waals surface area (Å²) in [5.74, 6) is 0. The fourth-order valence-corrected chi connectivity index (χ4v) is 3.56. The van der Waals surface area contributed by atoms with Crippen LogP contribution in [-0.2, 0) is 10.1 Å². The van der Waals surface area contributed by atoms with Crippen LogP contribution in [0.3, 0.4) is 0 Å². The van der Waals surface area contributed by atoms with Crippen LogP contribution >= 0.6 is 71.4 Å². The third-order valence-electron chi connectivity index (χ3n) is 4.46. The van der Waals surface area contributed by atoms with Crippen LogP contribution in [0.2, 0.25) is 5.02 Å². The Morgan fingerprint density at radius 1 is 1.11 bits per heavy atom. The summed E-state index contributed by atoms with van der Waals surface area (Å²) in [7, 11) is 0. The van der Waals surface area contributed by atoms with E-state index in [0.717, 1.165) is 22.0 Å². The highest BCUT2D eigenvalue weighted by Gasteiger charge is 2.41. The number of alkyl halides is 1. The molecule has 3 N–H and O–H groups in total. The fraction of sp³-hybridized carbons (Fsp3) is 0.263. The Bertz CT molecular complexity index is 891. The van der Waals surface area contributed by atoms with Gasteiger partial charge in [0.25, 0.3) is 0 Å². The number of rotatable bonds is 5. The number of halogens is 5. The van der Waals surface area contributed by atoms with Crippen LogP contribution < -0.4 is 11.1 Å². The molecule has 28 heavy (non-hydrogen) atoms. The van der Waals surface area contributed by atoms with Crippen molar-refractivity contribution in [1.29, 1.82) is 0 Å². The van der Waals surface area contributed by atoms with E-state index < -0.39 is 3.55 Å². The molecule has 2 heterocycles. The molecule has 0 fully saturated rings. The number of fused-ring (bicyclic) bond motifs is 1. The second-order valence-corrected chi connectivity index (χ2v) is 8.71. The van der Waals surface area contributed by atoms with Crippen LogP contribution in [0.25, 0.3) is 10.9 Å². The van der Waals surface area contributed by atoms with Crippen molar-refractivity contribution in [3.05, 3.63) is 71.1 Å². The number of nitrogens with two attached hydrogens (primary N) is 1. The largest absolute Gasteiger partial charge is 0.312 e. The van der Waals surface area contributed by atoms with Gasteiger partial charge in [0, 0.05) is 41.1 Å². The molecule has 1 unspecified atom stereocenters. The molecule has 154 valence electrons. The van der Waals surface area contributed by atoms with E-state index in [1.165, 1.54) is 0 Å². The summed E-state index contributed by atoms with van der Waals surface area (Å²) in [5.41, 5.74) is 9.45. The Labute approximate surface area is 202 Å². The van der Waals surface area contributed by atoms with Gasteiger partial charge in [-0.3, -0.25) is 9.97 Å². The molecular weight excluding hydrogens is 553 g/mol. The second-order valence-electron chi connectivity index (χ2n) is 6.57. The summed E-state index contributed by atoms with van der Waals surface area (Å²) in [6, 6.07) is 11.7. The van der Waals surface area contributed by atoms with Gasteiger partial charge in [0.15, 0.2) is 0 Å². The zero-order valence-electron chi connectivity index (χ0n) is 15.4. The quantitative estimate of drug-likeness (QED) is 0.234. The van der Waals surface area contributed by atoms with Crippen LogP contribution in [0.5, 0.6) is 0 Å². The highest BCUT2D eigenvalue weighted by Crippen LogP contribution is 2.40. The molecule has 0 aliphatic carbocycles. The van der Waals surface area contributed by atoms with Crippen molar-refractivity contribution in [2.75, 3.05) is 0 Å². The molecule has 0 aliphatic rings. The van der Waals surface area contributed by atoms with E-state index in [9.17, 15) is 0 Å². The van der Waals surface area contributed by atoms with Crippen molar-refractivity contribution < 1.29 is 0 Å². The zero-order chi connectivity index (χ0) is 18.1. The van der Waals surface area contributed by atoms with E-state index in [1.807, 2.05) is 42.6 Å². The van der Waals surface area contributed by atoms with Gasteiger partial charge in [-0.05, 0) is 49.2 Å². The van der Waals surface area contributed by atoms with E-state index in [-0.39, 0.29) is 42.8 Å². The fourth-order valence-electron chi connectivity index (χ4n) is 2.73. The van der Waals surface area contributed by atoms with E-state index in [2.05, 4.69) is 51.7 Å².